The van der Waals surface area contributed by atoms with Gasteiger partial charge < -0.3 is 16.0 Å². The summed E-state index contributed by atoms with van der Waals surface area (Å²) in [5, 5.41) is 9.33. The van der Waals surface area contributed by atoms with E-state index in [4.69, 9.17) is 0 Å². The minimum Gasteiger partial charge on any atom is -0.370 e. The predicted octanol–water partition coefficient (Wildman–Crippen LogP) is 1.61. The van der Waals surface area contributed by atoms with E-state index in [0.717, 1.165) is 43.0 Å². The lowest BCUT2D eigenvalue weighted by Crippen LogP contribution is -2.31. The molecule has 1 fully saturated rings. The molecule has 1 heterocycles. The fourth-order valence-corrected chi connectivity index (χ4v) is 1.89. The molecule has 20 heavy (non-hydrogen) atoms. The van der Waals surface area contributed by atoms with Crippen molar-refractivity contribution in [2.75, 3.05) is 23.7 Å². The summed E-state index contributed by atoms with van der Waals surface area (Å²) < 4.78 is 0. The van der Waals surface area contributed by atoms with Gasteiger partial charge in [0.2, 0.25) is 5.91 Å². The van der Waals surface area contributed by atoms with Crippen LogP contribution in [0.3, 0.4) is 0 Å². The molecular formula is C14H23N5O. The van der Waals surface area contributed by atoms with Crippen LogP contribution < -0.4 is 16.0 Å². The Morgan fingerprint density at radius 3 is 2.45 bits per heavy atom. The van der Waals surface area contributed by atoms with Crippen LogP contribution >= 0.6 is 0 Å². The summed E-state index contributed by atoms with van der Waals surface area (Å²) in [6.45, 7) is 7.04. The van der Waals surface area contributed by atoms with E-state index in [9.17, 15) is 4.79 Å². The fraction of sp³-hybridized carbons (Fsp3) is 0.643. The molecular weight excluding hydrogens is 254 g/mol. The maximum absolute atomic E-state index is 11.7. The van der Waals surface area contributed by atoms with Gasteiger partial charge in [-0.1, -0.05) is 6.92 Å². The third kappa shape index (κ3) is 4.08. The number of nitrogens with one attached hydrogen (secondary N) is 3. The van der Waals surface area contributed by atoms with Gasteiger partial charge in [0, 0.05) is 18.2 Å². The normalized spacial score (nSPS) is 13.9. The number of aromatic nitrogens is 2. The standard InChI is InChI=1S/C14H23N5O/c1-4-7-15-13-9(2)14(18-10(3)17-13)16-8-12(20)19-11-5-6-11/h11H,4-8H2,1-3H3,(H,19,20)(H2,15,16,17,18). The summed E-state index contributed by atoms with van der Waals surface area (Å²) in [6.07, 6.45) is 3.24. The molecule has 1 amide bonds. The molecule has 6 nitrogen and oxygen atoms in total. The number of aryl methyl sites for hydroxylation is 1. The molecule has 1 aromatic rings. The van der Waals surface area contributed by atoms with E-state index in [0.29, 0.717) is 11.9 Å². The van der Waals surface area contributed by atoms with Crippen LogP contribution in [0.25, 0.3) is 0 Å². The van der Waals surface area contributed by atoms with Gasteiger partial charge in [0.1, 0.15) is 17.5 Å². The molecule has 0 unspecified atom stereocenters. The summed E-state index contributed by atoms with van der Waals surface area (Å²) in [6, 6.07) is 0.388. The zero-order chi connectivity index (χ0) is 14.5. The molecule has 1 aromatic heterocycles. The van der Waals surface area contributed by atoms with Crippen LogP contribution in [0.5, 0.6) is 0 Å². The highest BCUT2D eigenvalue weighted by atomic mass is 16.2. The Morgan fingerprint density at radius 2 is 1.85 bits per heavy atom. The average molecular weight is 277 g/mol. The SMILES string of the molecule is CCCNc1nc(C)nc(NCC(=O)NC2CC2)c1C. The van der Waals surface area contributed by atoms with Gasteiger partial charge in [0.15, 0.2) is 0 Å². The van der Waals surface area contributed by atoms with Gasteiger partial charge in [-0.25, -0.2) is 9.97 Å². The lowest BCUT2D eigenvalue weighted by Gasteiger charge is -2.13. The summed E-state index contributed by atoms with van der Waals surface area (Å²) in [5.74, 6) is 2.28. The van der Waals surface area contributed by atoms with Gasteiger partial charge in [-0.05, 0) is 33.1 Å². The molecule has 0 spiro atoms. The van der Waals surface area contributed by atoms with Crippen LogP contribution in [-0.4, -0.2) is 35.0 Å². The van der Waals surface area contributed by atoms with E-state index in [1.165, 1.54) is 0 Å². The van der Waals surface area contributed by atoms with Crippen molar-refractivity contribution >= 4 is 17.5 Å². The van der Waals surface area contributed by atoms with Crippen molar-refractivity contribution in [2.24, 2.45) is 0 Å². The fourth-order valence-electron chi connectivity index (χ4n) is 1.89. The molecule has 0 atom stereocenters. The van der Waals surface area contributed by atoms with E-state index >= 15 is 0 Å². The van der Waals surface area contributed by atoms with Gasteiger partial charge in [-0.2, -0.15) is 0 Å². The smallest absolute Gasteiger partial charge is 0.239 e. The molecule has 6 heteroatoms. The molecule has 0 saturated heterocycles. The highest BCUT2D eigenvalue weighted by molar-refractivity contribution is 5.81. The Bertz CT molecular complexity index is 485. The van der Waals surface area contributed by atoms with Crippen molar-refractivity contribution in [3.63, 3.8) is 0 Å². The van der Waals surface area contributed by atoms with Crippen molar-refractivity contribution < 1.29 is 4.79 Å². The Morgan fingerprint density at radius 1 is 1.20 bits per heavy atom. The summed E-state index contributed by atoms with van der Waals surface area (Å²) in [5.41, 5.74) is 0.947. The minimum atomic E-state index is 0.0197. The van der Waals surface area contributed by atoms with Gasteiger partial charge in [0.05, 0.1) is 6.54 Å². The van der Waals surface area contributed by atoms with Crippen LogP contribution in [0.15, 0.2) is 0 Å². The largest absolute Gasteiger partial charge is 0.370 e. The average Bonchev–Trinajstić information content (AvgIpc) is 3.21. The molecule has 3 N–H and O–H groups in total. The molecule has 1 saturated carbocycles. The Labute approximate surface area is 119 Å². The second-order valence-corrected chi connectivity index (χ2v) is 5.22. The van der Waals surface area contributed by atoms with Crippen molar-refractivity contribution in [3.8, 4) is 0 Å². The van der Waals surface area contributed by atoms with E-state index in [2.05, 4.69) is 32.8 Å². The van der Waals surface area contributed by atoms with Crippen LogP contribution in [0, 0.1) is 13.8 Å². The lowest BCUT2D eigenvalue weighted by atomic mass is 10.3. The Kier molecular flexibility index (Phi) is 4.76. The minimum absolute atomic E-state index is 0.0197. The van der Waals surface area contributed by atoms with Gasteiger partial charge >= 0.3 is 0 Å². The molecule has 0 radical (unpaired) electrons. The second kappa shape index (κ2) is 6.54. The van der Waals surface area contributed by atoms with E-state index < -0.39 is 0 Å². The summed E-state index contributed by atoms with van der Waals surface area (Å²) in [4.78, 5) is 20.4. The molecule has 0 aromatic carbocycles. The Hall–Kier alpha value is -1.85. The Balaban J connectivity index is 1.98. The quantitative estimate of drug-likeness (QED) is 0.705. The number of amides is 1. The molecule has 1 aliphatic rings. The number of rotatable bonds is 7. The number of hydrogen-bond acceptors (Lipinski definition) is 5. The molecule has 0 bridgehead atoms. The summed E-state index contributed by atoms with van der Waals surface area (Å²) in [7, 11) is 0. The molecule has 1 aliphatic carbocycles. The van der Waals surface area contributed by atoms with Crippen LogP contribution in [-0.2, 0) is 4.79 Å². The molecule has 110 valence electrons. The molecule has 0 aliphatic heterocycles. The van der Waals surface area contributed by atoms with Crippen LogP contribution in [0.1, 0.15) is 37.6 Å². The first kappa shape index (κ1) is 14.6. The van der Waals surface area contributed by atoms with E-state index in [1.807, 2.05) is 13.8 Å². The maximum Gasteiger partial charge on any atom is 0.239 e. The van der Waals surface area contributed by atoms with Gasteiger partial charge in [0.25, 0.3) is 0 Å². The van der Waals surface area contributed by atoms with Crippen LogP contribution in [0.2, 0.25) is 0 Å². The number of hydrogen-bond donors (Lipinski definition) is 3. The first-order valence-electron chi connectivity index (χ1n) is 7.22. The number of nitrogens with zero attached hydrogens (tertiary/aromatic N) is 2. The number of carbonyl (C=O) groups is 1. The highest BCUT2D eigenvalue weighted by Gasteiger charge is 2.23. The predicted molar refractivity (Wildman–Crippen MR) is 79.9 cm³/mol. The van der Waals surface area contributed by atoms with Gasteiger partial charge in [-0.3, -0.25) is 4.79 Å². The van der Waals surface area contributed by atoms with Crippen molar-refractivity contribution in [2.45, 2.75) is 46.1 Å². The lowest BCUT2D eigenvalue weighted by molar-refractivity contribution is -0.119. The van der Waals surface area contributed by atoms with Crippen molar-refractivity contribution in [1.29, 1.82) is 0 Å². The summed E-state index contributed by atoms with van der Waals surface area (Å²) >= 11 is 0. The zero-order valence-corrected chi connectivity index (χ0v) is 12.4. The maximum atomic E-state index is 11.7. The molecule has 2 rings (SSSR count). The number of anilines is 2. The first-order valence-corrected chi connectivity index (χ1v) is 7.22. The highest BCUT2D eigenvalue weighted by Crippen LogP contribution is 2.20. The zero-order valence-electron chi connectivity index (χ0n) is 12.4. The monoisotopic (exact) mass is 277 g/mol. The second-order valence-electron chi connectivity index (χ2n) is 5.22. The van der Waals surface area contributed by atoms with Gasteiger partial charge in [-0.15, -0.1) is 0 Å². The van der Waals surface area contributed by atoms with Crippen molar-refractivity contribution in [1.82, 2.24) is 15.3 Å². The number of carbonyl (C=O) groups excluding carboxylic acids is 1. The first-order chi connectivity index (χ1) is 9.60. The van der Waals surface area contributed by atoms with Crippen LogP contribution in [0.4, 0.5) is 11.6 Å². The third-order valence-electron chi connectivity index (χ3n) is 3.16. The van der Waals surface area contributed by atoms with E-state index in [-0.39, 0.29) is 12.5 Å². The third-order valence-corrected chi connectivity index (χ3v) is 3.16. The van der Waals surface area contributed by atoms with Crippen molar-refractivity contribution in [3.05, 3.63) is 11.4 Å². The van der Waals surface area contributed by atoms with E-state index in [1.54, 1.807) is 0 Å². The topological polar surface area (TPSA) is 78.9 Å².